The van der Waals surface area contributed by atoms with Gasteiger partial charge in [0, 0.05) is 0 Å². The van der Waals surface area contributed by atoms with Gasteiger partial charge in [-0.2, -0.15) is 4.98 Å². The molecule has 0 radical (unpaired) electrons. The van der Waals surface area contributed by atoms with Gasteiger partial charge >= 0.3 is 0 Å². The van der Waals surface area contributed by atoms with E-state index in [2.05, 4.69) is 10.1 Å². The summed E-state index contributed by atoms with van der Waals surface area (Å²) >= 11 is 0. The van der Waals surface area contributed by atoms with Crippen LogP contribution in [0.2, 0.25) is 0 Å². The van der Waals surface area contributed by atoms with Gasteiger partial charge in [-0.1, -0.05) is 5.16 Å². The number of nitrogens with zero attached hydrogens (tertiary/aromatic N) is 2. The highest BCUT2D eigenvalue weighted by Gasteiger charge is 2.13. The van der Waals surface area contributed by atoms with E-state index in [-0.39, 0.29) is 5.75 Å². The maximum absolute atomic E-state index is 11.8. The van der Waals surface area contributed by atoms with Crippen molar-refractivity contribution in [2.45, 2.75) is 24.5 Å². The van der Waals surface area contributed by atoms with Gasteiger partial charge in [-0.05, 0) is 19.9 Å². The molecule has 0 aliphatic carbocycles. The van der Waals surface area contributed by atoms with E-state index in [9.17, 15) is 4.21 Å². The Labute approximate surface area is 88.9 Å². The van der Waals surface area contributed by atoms with Gasteiger partial charge in [0.2, 0.25) is 5.89 Å². The van der Waals surface area contributed by atoms with Crippen molar-refractivity contribution < 1.29 is 13.1 Å². The zero-order chi connectivity index (χ0) is 10.8. The third-order valence-corrected chi connectivity index (χ3v) is 3.30. The molecule has 2 aromatic rings. The molecule has 0 amide bonds. The van der Waals surface area contributed by atoms with Crippen LogP contribution in [0.4, 0.5) is 0 Å². The molecule has 2 heterocycles. The SMILES string of the molecule is Cc1noc(C[S@@](=O)c2ccoc2C)n1. The van der Waals surface area contributed by atoms with Crippen LogP contribution >= 0.6 is 0 Å². The van der Waals surface area contributed by atoms with Crippen LogP contribution in [-0.4, -0.2) is 14.3 Å². The number of rotatable bonds is 3. The zero-order valence-corrected chi connectivity index (χ0v) is 9.21. The molecule has 0 saturated heterocycles. The first-order valence-corrected chi connectivity index (χ1v) is 5.70. The fourth-order valence-corrected chi connectivity index (χ4v) is 2.27. The van der Waals surface area contributed by atoms with Gasteiger partial charge in [0.15, 0.2) is 5.82 Å². The normalized spacial score (nSPS) is 12.9. The molecule has 5 nitrogen and oxygen atoms in total. The Hall–Kier alpha value is -1.43. The monoisotopic (exact) mass is 226 g/mol. The maximum Gasteiger partial charge on any atom is 0.239 e. The smallest absolute Gasteiger partial charge is 0.239 e. The lowest BCUT2D eigenvalue weighted by molar-refractivity contribution is 0.386. The van der Waals surface area contributed by atoms with Crippen LogP contribution in [0.25, 0.3) is 0 Å². The molecule has 6 heteroatoms. The summed E-state index contributed by atoms with van der Waals surface area (Å²) in [6.45, 7) is 3.49. The molecular weight excluding hydrogens is 216 g/mol. The molecule has 0 unspecified atom stereocenters. The molecule has 0 saturated carbocycles. The fraction of sp³-hybridized carbons (Fsp3) is 0.333. The molecule has 0 aliphatic heterocycles. The summed E-state index contributed by atoms with van der Waals surface area (Å²) in [4.78, 5) is 4.66. The summed E-state index contributed by atoms with van der Waals surface area (Å²) in [5, 5.41) is 3.63. The molecule has 0 aromatic carbocycles. The lowest BCUT2D eigenvalue weighted by atomic mass is 10.5. The van der Waals surface area contributed by atoms with Crippen LogP contribution < -0.4 is 0 Å². The molecule has 2 aromatic heterocycles. The summed E-state index contributed by atoms with van der Waals surface area (Å²) in [5.74, 6) is 1.81. The van der Waals surface area contributed by atoms with Gasteiger partial charge < -0.3 is 8.94 Å². The standard InChI is InChI=1S/C9H10N2O3S/c1-6-8(3-4-13-6)15(12)5-9-10-7(2)11-14-9/h3-4H,5H2,1-2H3/t15-/m1/s1. The van der Waals surface area contributed by atoms with E-state index < -0.39 is 10.8 Å². The van der Waals surface area contributed by atoms with Crippen LogP contribution in [0.5, 0.6) is 0 Å². The minimum absolute atomic E-state index is 0.223. The van der Waals surface area contributed by atoms with Crippen molar-refractivity contribution in [1.82, 2.24) is 10.1 Å². The Bertz CT molecular complexity index is 489. The second-order valence-electron chi connectivity index (χ2n) is 3.07. The number of hydrogen-bond donors (Lipinski definition) is 0. The van der Waals surface area contributed by atoms with Crippen molar-refractivity contribution in [3.05, 3.63) is 29.8 Å². The van der Waals surface area contributed by atoms with E-state index in [0.717, 1.165) is 0 Å². The highest BCUT2D eigenvalue weighted by molar-refractivity contribution is 7.84. The molecule has 15 heavy (non-hydrogen) atoms. The Kier molecular flexibility index (Phi) is 2.68. The van der Waals surface area contributed by atoms with Gasteiger partial charge in [-0.3, -0.25) is 4.21 Å². The molecule has 0 N–H and O–H groups in total. The molecule has 0 bridgehead atoms. The number of furan rings is 1. The summed E-state index contributed by atoms with van der Waals surface area (Å²) in [5.41, 5.74) is 0. The average Bonchev–Trinajstić information content (AvgIpc) is 2.75. The van der Waals surface area contributed by atoms with E-state index in [1.54, 1.807) is 19.9 Å². The van der Waals surface area contributed by atoms with Crippen LogP contribution in [-0.2, 0) is 16.6 Å². The molecule has 0 fully saturated rings. The first-order chi connectivity index (χ1) is 7.16. The summed E-state index contributed by atoms with van der Waals surface area (Å²) in [7, 11) is -1.19. The predicted molar refractivity (Wildman–Crippen MR) is 52.6 cm³/mol. The van der Waals surface area contributed by atoms with Crippen molar-refractivity contribution in [3.8, 4) is 0 Å². The molecule has 0 aliphatic rings. The van der Waals surface area contributed by atoms with Crippen molar-refractivity contribution >= 4 is 10.8 Å². The maximum atomic E-state index is 11.8. The fourth-order valence-electron chi connectivity index (χ4n) is 1.20. The Morgan fingerprint density at radius 1 is 1.47 bits per heavy atom. The van der Waals surface area contributed by atoms with Crippen LogP contribution in [0.1, 0.15) is 17.5 Å². The first-order valence-electron chi connectivity index (χ1n) is 4.38. The third kappa shape index (κ3) is 2.15. The van der Waals surface area contributed by atoms with Crippen molar-refractivity contribution in [2.75, 3.05) is 0 Å². The highest BCUT2D eigenvalue weighted by Crippen LogP contribution is 2.16. The quantitative estimate of drug-likeness (QED) is 0.794. The second-order valence-corrected chi connectivity index (χ2v) is 4.49. The van der Waals surface area contributed by atoms with Crippen LogP contribution in [0, 0.1) is 13.8 Å². The minimum atomic E-state index is -1.19. The van der Waals surface area contributed by atoms with E-state index >= 15 is 0 Å². The zero-order valence-electron chi connectivity index (χ0n) is 8.39. The third-order valence-electron chi connectivity index (χ3n) is 1.88. The lowest BCUT2D eigenvalue weighted by Gasteiger charge is -1.95. The number of aromatic nitrogens is 2. The van der Waals surface area contributed by atoms with E-state index in [0.29, 0.717) is 22.4 Å². The minimum Gasteiger partial charge on any atom is -0.468 e. The molecular formula is C9H10N2O3S. The summed E-state index contributed by atoms with van der Waals surface area (Å²) in [6.07, 6.45) is 1.52. The van der Waals surface area contributed by atoms with Gasteiger partial charge in [-0.25, -0.2) is 0 Å². The average molecular weight is 226 g/mol. The Morgan fingerprint density at radius 2 is 2.27 bits per heavy atom. The van der Waals surface area contributed by atoms with Gasteiger partial charge in [-0.15, -0.1) is 0 Å². The predicted octanol–water partition coefficient (Wildman–Crippen LogP) is 1.59. The lowest BCUT2D eigenvalue weighted by Crippen LogP contribution is -1.97. The topological polar surface area (TPSA) is 69.1 Å². The van der Waals surface area contributed by atoms with Gasteiger partial charge in [0.05, 0.1) is 22.0 Å². The molecule has 80 valence electrons. The Balaban J connectivity index is 2.14. The second kappa shape index (κ2) is 3.98. The summed E-state index contributed by atoms with van der Waals surface area (Å²) in [6, 6.07) is 1.69. The van der Waals surface area contributed by atoms with Crippen LogP contribution in [0.3, 0.4) is 0 Å². The van der Waals surface area contributed by atoms with E-state index in [1.165, 1.54) is 6.26 Å². The van der Waals surface area contributed by atoms with Crippen molar-refractivity contribution in [2.24, 2.45) is 0 Å². The number of aryl methyl sites for hydroxylation is 2. The van der Waals surface area contributed by atoms with Gasteiger partial charge in [0.1, 0.15) is 11.5 Å². The molecule has 2 rings (SSSR count). The summed E-state index contributed by atoms with van der Waals surface area (Å²) < 4.78 is 21.8. The van der Waals surface area contributed by atoms with E-state index in [1.807, 2.05) is 0 Å². The first kappa shape index (κ1) is 10.1. The van der Waals surface area contributed by atoms with E-state index in [4.69, 9.17) is 8.94 Å². The van der Waals surface area contributed by atoms with Crippen LogP contribution in [0.15, 0.2) is 26.2 Å². The van der Waals surface area contributed by atoms with Gasteiger partial charge in [0.25, 0.3) is 0 Å². The Morgan fingerprint density at radius 3 is 2.80 bits per heavy atom. The van der Waals surface area contributed by atoms with Crippen molar-refractivity contribution in [1.29, 1.82) is 0 Å². The van der Waals surface area contributed by atoms with Crippen molar-refractivity contribution in [3.63, 3.8) is 0 Å². The molecule has 0 spiro atoms. The number of hydrogen-bond acceptors (Lipinski definition) is 5. The largest absolute Gasteiger partial charge is 0.468 e. The highest BCUT2D eigenvalue weighted by atomic mass is 32.2. The molecule has 1 atom stereocenters.